The molecule has 120 valence electrons. The topological polar surface area (TPSA) is 54.9 Å². The van der Waals surface area contributed by atoms with E-state index in [0.717, 1.165) is 5.56 Å². The zero-order valence-electron chi connectivity index (χ0n) is 12.8. The highest BCUT2D eigenvalue weighted by Gasteiger charge is 2.10. The SMILES string of the molecule is Cc1cc(Cl)ccc1NC(=O)c1cnc(-c2ccc(F)cc2)nc1. The third kappa shape index (κ3) is 3.58. The number of nitrogens with one attached hydrogen (secondary N) is 1. The van der Waals surface area contributed by atoms with Gasteiger partial charge in [-0.2, -0.15) is 0 Å². The molecule has 0 spiro atoms. The van der Waals surface area contributed by atoms with Crippen molar-refractivity contribution in [2.45, 2.75) is 6.92 Å². The average Bonchev–Trinajstić information content (AvgIpc) is 2.58. The van der Waals surface area contributed by atoms with E-state index in [0.29, 0.717) is 27.7 Å². The molecular formula is C18H13ClFN3O. The molecule has 1 heterocycles. The minimum Gasteiger partial charge on any atom is -0.322 e. The molecule has 0 saturated carbocycles. The fourth-order valence-corrected chi connectivity index (χ4v) is 2.38. The molecule has 2 aromatic carbocycles. The minimum absolute atomic E-state index is 0.314. The summed E-state index contributed by atoms with van der Waals surface area (Å²) < 4.78 is 12.9. The van der Waals surface area contributed by atoms with Crippen molar-refractivity contribution in [3.63, 3.8) is 0 Å². The molecule has 1 aromatic heterocycles. The van der Waals surface area contributed by atoms with Crippen molar-refractivity contribution in [3.8, 4) is 11.4 Å². The van der Waals surface area contributed by atoms with Crippen LogP contribution in [0.1, 0.15) is 15.9 Å². The molecule has 3 rings (SSSR count). The molecule has 0 bridgehead atoms. The molecule has 0 unspecified atom stereocenters. The molecule has 0 aliphatic heterocycles. The van der Waals surface area contributed by atoms with Crippen LogP contribution in [0.2, 0.25) is 5.02 Å². The summed E-state index contributed by atoms with van der Waals surface area (Å²) in [6, 6.07) is 11.1. The quantitative estimate of drug-likeness (QED) is 0.763. The average molecular weight is 342 g/mol. The van der Waals surface area contributed by atoms with Crippen LogP contribution in [0.5, 0.6) is 0 Å². The molecule has 3 aromatic rings. The van der Waals surface area contributed by atoms with Crippen LogP contribution in [-0.4, -0.2) is 15.9 Å². The van der Waals surface area contributed by atoms with E-state index in [4.69, 9.17) is 11.6 Å². The number of benzene rings is 2. The summed E-state index contributed by atoms with van der Waals surface area (Å²) >= 11 is 5.90. The summed E-state index contributed by atoms with van der Waals surface area (Å²) in [5.74, 6) is -0.214. The lowest BCUT2D eigenvalue weighted by Gasteiger charge is -2.08. The van der Waals surface area contributed by atoms with Crippen LogP contribution in [0.15, 0.2) is 54.9 Å². The first-order valence-electron chi connectivity index (χ1n) is 7.18. The van der Waals surface area contributed by atoms with E-state index in [2.05, 4.69) is 15.3 Å². The molecule has 0 radical (unpaired) electrons. The number of halogens is 2. The van der Waals surface area contributed by atoms with Crippen LogP contribution in [-0.2, 0) is 0 Å². The second-order valence-electron chi connectivity index (χ2n) is 5.22. The Kier molecular flexibility index (Phi) is 4.53. The smallest absolute Gasteiger partial charge is 0.258 e. The normalized spacial score (nSPS) is 10.5. The van der Waals surface area contributed by atoms with Crippen LogP contribution in [0.4, 0.5) is 10.1 Å². The summed E-state index contributed by atoms with van der Waals surface area (Å²) in [6.07, 6.45) is 2.87. The Morgan fingerprint density at radius 3 is 2.38 bits per heavy atom. The number of carbonyl (C=O) groups is 1. The summed E-state index contributed by atoms with van der Waals surface area (Å²) in [5, 5.41) is 3.40. The molecule has 0 aliphatic rings. The van der Waals surface area contributed by atoms with Crippen molar-refractivity contribution in [3.05, 3.63) is 76.8 Å². The van der Waals surface area contributed by atoms with Crippen molar-refractivity contribution in [2.24, 2.45) is 0 Å². The van der Waals surface area contributed by atoms with E-state index in [-0.39, 0.29) is 11.7 Å². The zero-order chi connectivity index (χ0) is 17.1. The van der Waals surface area contributed by atoms with E-state index >= 15 is 0 Å². The van der Waals surface area contributed by atoms with E-state index in [1.807, 2.05) is 6.92 Å². The van der Waals surface area contributed by atoms with Crippen LogP contribution in [0.3, 0.4) is 0 Å². The molecule has 1 amide bonds. The lowest BCUT2D eigenvalue weighted by Crippen LogP contribution is -2.13. The lowest BCUT2D eigenvalue weighted by atomic mass is 10.2. The van der Waals surface area contributed by atoms with Crippen molar-refractivity contribution >= 4 is 23.2 Å². The summed E-state index contributed by atoms with van der Waals surface area (Å²) in [6.45, 7) is 1.86. The Morgan fingerprint density at radius 1 is 1.08 bits per heavy atom. The number of nitrogens with zero attached hydrogens (tertiary/aromatic N) is 2. The first-order valence-corrected chi connectivity index (χ1v) is 7.56. The molecule has 4 nitrogen and oxygen atoms in total. The van der Waals surface area contributed by atoms with Gasteiger partial charge in [-0.15, -0.1) is 0 Å². The third-order valence-electron chi connectivity index (χ3n) is 3.45. The number of anilines is 1. The molecular weight excluding hydrogens is 329 g/mol. The second kappa shape index (κ2) is 6.76. The van der Waals surface area contributed by atoms with Crippen molar-refractivity contribution < 1.29 is 9.18 Å². The van der Waals surface area contributed by atoms with Gasteiger partial charge in [-0.25, -0.2) is 14.4 Å². The first-order chi connectivity index (χ1) is 11.5. The maximum Gasteiger partial charge on any atom is 0.258 e. The Bertz CT molecular complexity index is 880. The van der Waals surface area contributed by atoms with Crippen molar-refractivity contribution in [1.29, 1.82) is 0 Å². The summed E-state index contributed by atoms with van der Waals surface area (Å²) in [4.78, 5) is 20.6. The Balaban J connectivity index is 1.77. The van der Waals surface area contributed by atoms with Crippen LogP contribution in [0, 0.1) is 12.7 Å². The van der Waals surface area contributed by atoms with Gasteiger partial charge in [0.15, 0.2) is 5.82 Å². The van der Waals surface area contributed by atoms with Crippen LogP contribution in [0.25, 0.3) is 11.4 Å². The largest absolute Gasteiger partial charge is 0.322 e. The van der Waals surface area contributed by atoms with E-state index < -0.39 is 0 Å². The second-order valence-corrected chi connectivity index (χ2v) is 5.65. The number of aryl methyl sites for hydroxylation is 1. The lowest BCUT2D eigenvalue weighted by molar-refractivity contribution is 0.102. The van der Waals surface area contributed by atoms with Crippen LogP contribution < -0.4 is 5.32 Å². The van der Waals surface area contributed by atoms with Gasteiger partial charge in [0.1, 0.15) is 5.82 Å². The monoisotopic (exact) mass is 341 g/mol. The van der Waals surface area contributed by atoms with E-state index in [1.54, 1.807) is 30.3 Å². The van der Waals surface area contributed by atoms with Gasteiger partial charge in [0.25, 0.3) is 5.91 Å². The number of aromatic nitrogens is 2. The standard InChI is InChI=1S/C18H13ClFN3O/c1-11-8-14(19)4-7-16(11)23-18(24)13-9-21-17(22-10-13)12-2-5-15(20)6-3-12/h2-10H,1H3,(H,23,24). The van der Waals surface area contributed by atoms with Crippen molar-refractivity contribution in [1.82, 2.24) is 9.97 Å². The van der Waals surface area contributed by atoms with Crippen LogP contribution >= 0.6 is 11.6 Å². The molecule has 6 heteroatoms. The Labute approximate surface area is 143 Å². The highest BCUT2D eigenvalue weighted by molar-refractivity contribution is 6.30. The van der Waals surface area contributed by atoms with Gasteiger partial charge in [-0.05, 0) is 55.0 Å². The molecule has 24 heavy (non-hydrogen) atoms. The Hall–Kier alpha value is -2.79. The van der Waals surface area contributed by atoms with E-state index in [1.165, 1.54) is 24.5 Å². The zero-order valence-corrected chi connectivity index (χ0v) is 13.5. The first kappa shape index (κ1) is 16.1. The molecule has 0 aliphatic carbocycles. The minimum atomic E-state index is -0.326. The van der Waals surface area contributed by atoms with Gasteiger partial charge < -0.3 is 5.32 Å². The maximum atomic E-state index is 12.9. The van der Waals surface area contributed by atoms with Gasteiger partial charge in [-0.3, -0.25) is 4.79 Å². The van der Waals surface area contributed by atoms with Gasteiger partial charge in [-0.1, -0.05) is 11.6 Å². The van der Waals surface area contributed by atoms with Gasteiger partial charge in [0.2, 0.25) is 0 Å². The summed E-state index contributed by atoms with van der Waals surface area (Å²) in [5.41, 5.74) is 2.54. The number of hydrogen-bond acceptors (Lipinski definition) is 3. The third-order valence-corrected chi connectivity index (χ3v) is 3.69. The number of rotatable bonds is 3. The molecule has 1 N–H and O–H groups in total. The molecule has 0 atom stereocenters. The predicted octanol–water partition coefficient (Wildman–Crippen LogP) is 4.50. The predicted molar refractivity (Wildman–Crippen MR) is 91.6 cm³/mol. The fraction of sp³-hybridized carbons (Fsp3) is 0.0556. The number of amides is 1. The number of hydrogen-bond donors (Lipinski definition) is 1. The molecule has 0 fully saturated rings. The van der Waals surface area contributed by atoms with Gasteiger partial charge in [0, 0.05) is 28.7 Å². The van der Waals surface area contributed by atoms with Gasteiger partial charge >= 0.3 is 0 Å². The summed E-state index contributed by atoms with van der Waals surface area (Å²) in [7, 11) is 0. The van der Waals surface area contributed by atoms with Gasteiger partial charge in [0.05, 0.1) is 5.56 Å². The fourth-order valence-electron chi connectivity index (χ4n) is 2.16. The Morgan fingerprint density at radius 2 is 1.75 bits per heavy atom. The highest BCUT2D eigenvalue weighted by atomic mass is 35.5. The number of carbonyl (C=O) groups excluding carboxylic acids is 1. The van der Waals surface area contributed by atoms with E-state index in [9.17, 15) is 9.18 Å². The molecule has 0 saturated heterocycles. The van der Waals surface area contributed by atoms with Crippen molar-refractivity contribution in [2.75, 3.05) is 5.32 Å². The maximum absolute atomic E-state index is 12.9. The highest BCUT2D eigenvalue weighted by Crippen LogP contribution is 2.20.